The lowest BCUT2D eigenvalue weighted by molar-refractivity contribution is 0.295. The second kappa shape index (κ2) is 59.2. The van der Waals surface area contributed by atoms with Gasteiger partial charge in [-0.25, -0.2) is 0 Å². The third-order valence-electron chi connectivity index (χ3n) is 19.1. The van der Waals surface area contributed by atoms with E-state index in [4.69, 9.17) is 58.0 Å². The molecule has 0 fully saturated rings. The van der Waals surface area contributed by atoms with Crippen LogP contribution >= 0.6 is 58.0 Å². The molecule has 610 valence electrons. The maximum Gasteiger partial charge on any atom is 0.0737 e. The summed E-state index contributed by atoms with van der Waals surface area (Å²) in [4.78, 5) is 34.1. The van der Waals surface area contributed by atoms with Crippen LogP contribution in [0.4, 0.5) is 28.4 Å². The number of hydrogen-bond donors (Lipinski definition) is 5. The molecule has 0 saturated heterocycles. The fourth-order valence-electron chi connectivity index (χ4n) is 12.5. The van der Waals surface area contributed by atoms with E-state index < -0.39 is 0 Å². The fraction of sp³-hybridized carbons (Fsp3) is 0.500. The van der Waals surface area contributed by atoms with Crippen molar-refractivity contribution in [3.05, 3.63) is 177 Å². The first-order valence-electron chi connectivity index (χ1n) is 38.7. The topological polar surface area (TPSA) is 141 Å². The minimum atomic E-state index is 0. The Morgan fingerprint density at radius 2 is 0.418 bits per heavy atom. The van der Waals surface area contributed by atoms with Crippen LogP contribution in [0.3, 0.4) is 0 Å². The zero-order chi connectivity index (χ0) is 75.4. The van der Waals surface area contributed by atoms with Crippen LogP contribution in [-0.2, 0) is 0 Å². The van der Waals surface area contributed by atoms with Gasteiger partial charge in [-0.05, 0) is 258 Å². The van der Waals surface area contributed by atoms with Gasteiger partial charge in [0, 0.05) is 151 Å². The molecule has 5 N–H and O–H groups in total. The average molecular weight is 1610 g/mol. The first-order chi connectivity index (χ1) is 51.2. The molecule has 0 unspecified atom stereocenters. The van der Waals surface area contributed by atoms with Gasteiger partial charge in [0.25, 0.3) is 0 Å². The van der Waals surface area contributed by atoms with Crippen molar-refractivity contribution in [2.45, 2.75) is 171 Å². The fourth-order valence-corrected chi connectivity index (χ4v) is 13.4. The van der Waals surface area contributed by atoms with E-state index in [1.54, 1.807) is 0 Å². The van der Waals surface area contributed by atoms with Gasteiger partial charge in [-0.1, -0.05) is 184 Å². The number of nitrogens with one attached hydrogen (secondary N) is 5. The third-order valence-corrected chi connectivity index (χ3v) is 20.3. The van der Waals surface area contributed by atoms with E-state index in [2.05, 4.69) is 145 Å². The highest BCUT2D eigenvalue weighted by Gasteiger charge is 2.10. The molecule has 0 bridgehead atoms. The summed E-state index contributed by atoms with van der Waals surface area (Å²) < 4.78 is 0. The number of unbranched alkanes of at least 4 members (excludes halogenated alkanes) is 6. The van der Waals surface area contributed by atoms with Crippen LogP contribution in [0.1, 0.15) is 171 Å². The minimum absolute atomic E-state index is 0. The van der Waals surface area contributed by atoms with Gasteiger partial charge in [-0.3, -0.25) is 24.9 Å². The summed E-state index contributed by atoms with van der Waals surface area (Å²) in [6.07, 6.45) is 21.5. The van der Waals surface area contributed by atoms with Crippen molar-refractivity contribution < 1.29 is 0 Å². The normalized spacial score (nSPS) is 10.7. The molecular weight excluding hydrogens is 1470 g/mol. The molecule has 15 nitrogen and oxygen atoms in total. The summed E-state index contributed by atoms with van der Waals surface area (Å²) in [7, 11) is 0. The van der Waals surface area contributed by atoms with E-state index in [1.807, 2.05) is 152 Å². The van der Waals surface area contributed by atoms with Crippen LogP contribution in [0.25, 0.3) is 54.5 Å². The number of anilines is 5. The Balaban J connectivity index is 0.000000681. The predicted octanol–water partition coefficient (Wildman–Crippen LogP) is 25.3. The van der Waals surface area contributed by atoms with E-state index in [-0.39, 0.29) is 37.1 Å². The largest absolute Gasteiger partial charge is 0.384 e. The Labute approximate surface area is 691 Å². The van der Waals surface area contributed by atoms with Crippen LogP contribution in [0, 0.1) is 0 Å². The lowest BCUT2D eigenvalue weighted by Gasteiger charge is -2.18. The number of hydrogen-bond acceptors (Lipinski definition) is 15. The number of pyridine rings is 5. The molecule has 110 heavy (non-hydrogen) atoms. The van der Waals surface area contributed by atoms with Crippen LogP contribution < -0.4 is 26.6 Å². The molecule has 0 aliphatic heterocycles. The van der Waals surface area contributed by atoms with E-state index >= 15 is 0 Å². The molecule has 10 rings (SSSR count). The second-order valence-electron chi connectivity index (χ2n) is 25.9. The van der Waals surface area contributed by atoms with Gasteiger partial charge in [0.05, 0.1) is 27.6 Å². The molecule has 5 aromatic heterocycles. The van der Waals surface area contributed by atoms with Crippen molar-refractivity contribution in [3.63, 3.8) is 0 Å². The zero-order valence-electron chi connectivity index (χ0n) is 64.5. The number of rotatable bonds is 40. The summed E-state index contributed by atoms with van der Waals surface area (Å²) in [6.45, 7) is 44.2. The molecule has 0 aliphatic rings. The van der Waals surface area contributed by atoms with Gasteiger partial charge in [0.1, 0.15) is 0 Å². The number of halogens is 5. The molecule has 0 saturated carbocycles. The number of nitrogens with zero attached hydrogens (tertiary/aromatic N) is 10. The van der Waals surface area contributed by atoms with Crippen LogP contribution in [0.15, 0.2) is 152 Å². The molecule has 5 aromatic carbocycles. The quantitative estimate of drug-likeness (QED) is 0.0233. The van der Waals surface area contributed by atoms with Gasteiger partial charge < -0.3 is 51.1 Å². The molecular formula is C90H140Cl5N15. The predicted molar refractivity (Wildman–Crippen MR) is 495 cm³/mol. The lowest BCUT2D eigenvalue weighted by atomic mass is 10.1. The number of fused-ring (bicyclic) bond motifs is 5. The van der Waals surface area contributed by atoms with Crippen LogP contribution in [0.2, 0.25) is 25.1 Å². The average Bonchev–Trinajstić information content (AvgIpc) is 0.854. The molecule has 20 heteroatoms. The first-order valence-corrected chi connectivity index (χ1v) is 40.6. The number of benzene rings is 5. The Morgan fingerprint density at radius 3 is 0.673 bits per heavy atom. The molecule has 0 atom stereocenters. The van der Waals surface area contributed by atoms with E-state index in [9.17, 15) is 0 Å². The highest BCUT2D eigenvalue weighted by molar-refractivity contribution is 6.33. The van der Waals surface area contributed by atoms with Gasteiger partial charge >= 0.3 is 0 Å². The van der Waals surface area contributed by atoms with Crippen molar-refractivity contribution in [2.24, 2.45) is 0 Å². The molecule has 5 heterocycles. The Kier molecular flexibility index (Phi) is 54.5. The standard InChI is InChI=1S/C19H28ClN3.C18H26ClN3.C17H24ClN3.C16H22ClN3.C15H20ClN3.5CH4/c1-3-23(4-2)14-8-6-5-7-12-21-18-11-13-22-19-15-16(20)9-10-17(18)19;1-3-22(4-2)13-7-5-6-11-20-17-10-12-21-18-14-15(19)8-9-16(17)18;1-3-21(4-2)12-6-5-10-19-16-9-11-20-17-13-14(18)7-8-15(16)17;1-3-20(4-2)11-5-9-18-15-8-10-19-16-12-13(17)6-7-14(15)16;1-3-19(4-2)10-9-18-14-7-8-17-15-11-12(16)5-6-13(14)15;;;;;/h9-11,13,15H,3-8,12,14H2,1-2H3,(H,21,22);8-10,12,14H,3-7,11,13H2,1-2H3,(H,20,21);7-9,11,13H,3-6,10,12H2,1-2H3,(H,19,20);6-8,10,12H,3-5,9,11H2,1-2H3,(H,18,19);5-8,11H,3-4,9-10H2,1-2H3,(H,17,18);5*1H4. The van der Waals surface area contributed by atoms with Gasteiger partial charge in [-0.2, -0.15) is 0 Å². The van der Waals surface area contributed by atoms with E-state index in [0.29, 0.717) is 0 Å². The maximum absolute atomic E-state index is 6.03. The Hall–Kier alpha value is -6.60. The van der Waals surface area contributed by atoms with Gasteiger partial charge in [0.2, 0.25) is 0 Å². The van der Waals surface area contributed by atoms with Crippen LogP contribution in [-0.4, -0.2) is 180 Å². The molecule has 0 spiro atoms. The van der Waals surface area contributed by atoms with Gasteiger partial charge in [0.15, 0.2) is 0 Å². The zero-order valence-corrected chi connectivity index (χ0v) is 68.3. The SMILES string of the molecule is C.C.C.C.C.CCN(CC)CCCCCCNc1ccnc2cc(Cl)ccc12.CCN(CC)CCCCCNc1ccnc2cc(Cl)ccc12.CCN(CC)CCCCNc1ccnc2cc(Cl)ccc12.CCN(CC)CCCNc1ccnc2cc(Cl)ccc12.CCN(CC)CCNc1ccnc2cc(Cl)ccc12. The summed E-state index contributed by atoms with van der Waals surface area (Å²) in [6, 6.07) is 39.4. The van der Waals surface area contributed by atoms with Crippen LogP contribution in [0.5, 0.6) is 0 Å². The minimum Gasteiger partial charge on any atom is -0.384 e. The summed E-state index contributed by atoms with van der Waals surface area (Å²) in [5, 5.41) is 26.8. The summed E-state index contributed by atoms with van der Waals surface area (Å²) >= 11 is 30.0. The first kappa shape index (κ1) is 101. The van der Waals surface area contributed by atoms with Gasteiger partial charge in [-0.15, -0.1) is 0 Å². The third kappa shape index (κ3) is 36.0. The Morgan fingerprint density at radius 1 is 0.227 bits per heavy atom. The maximum atomic E-state index is 6.03. The van der Waals surface area contributed by atoms with Crippen molar-refractivity contribution in [1.82, 2.24) is 49.4 Å². The Bertz CT molecular complexity index is 4030. The number of aromatic nitrogens is 5. The number of likely N-dealkylation sites (N-methyl/N-ethyl adjacent to an activating group) is 1. The summed E-state index contributed by atoms with van der Waals surface area (Å²) in [5.41, 5.74) is 10.4. The van der Waals surface area contributed by atoms with Crippen molar-refractivity contribution in [1.29, 1.82) is 0 Å². The summed E-state index contributed by atoms with van der Waals surface area (Å²) in [5.74, 6) is 0. The second-order valence-corrected chi connectivity index (χ2v) is 28.1. The molecule has 0 radical (unpaired) electrons. The molecule has 0 aliphatic carbocycles. The van der Waals surface area contributed by atoms with Crippen molar-refractivity contribution in [3.8, 4) is 0 Å². The highest BCUT2D eigenvalue weighted by atomic mass is 35.5. The molecule has 10 aromatic rings. The van der Waals surface area contributed by atoms with E-state index in [0.717, 1.165) is 226 Å². The van der Waals surface area contributed by atoms with Crippen molar-refractivity contribution in [2.75, 3.05) is 157 Å². The van der Waals surface area contributed by atoms with E-state index in [1.165, 1.54) is 77.4 Å². The highest BCUT2D eigenvalue weighted by Crippen LogP contribution is 2.29. The smallest absolute Gasteiger partial charge is 0.0737 e. The van der Waals surface area contributed by atoms with Crippen molar-refractivity contribution >= 4 is 141 Å². The lowest BCUT2D eigenvalue weighted by Crippen LogP contribution is -2.28. The monoisotopic (exact) mass is 1610 g/mol. The molecule has 0 amide bonds.